The van der Waals surface area contributed by atoms with Crippen molar-refractivity contribution in [1.82, 2.24) is 5.32 Å². The van der Waals surface area contributed by atoms with Gasteiger partial charge >= 0.3 is 0 Å². The molecule has 1 aromatic rings. The molecular formula is C11H15Cl2N3O2. The van der Waals surface area contributed by atoms with Crippen LogP contribution in [0.2, 0.25) is 5.02 Å². The fraction of sp³-hybridized carbons (Fsp3) is 0.273. The number of nitrogens with one attached hydrogen (secondary N) is 1. The monoisotopic (exact) mass is 291 g/mol. The first-order chi connectivity index (χ1) is 7.99. The molecule has 0 aliphatic rings. The lowest BCUT2D eigenvalue weighted by atomic mass is 10.2. The zero-order valence-corrected chi connectivity index (χ0v) is 11.1. The summed E-state index contributed by atoms with van der Waals surface area (Å²) in [7, 11) is 0. The summed E-state index contributed by atoms with van der Waals surface area (Å²) in [4.78, 5) is 22.0. The lowest BCUT2D eigenvalue weighted by Gasteiger charge is -2.10. The predicted molar refractivity (Wildman–Crippen MR) is 72.3 cm³/mol. The van der Waals surface area contributed by atoms with Gasteiger partial charge in [0, 0.05) is 11.6 Å². The Labute approximate surface area is 116 Å². The molecule has 0 fully saturated rings. The number of halogens is 2. The van der Waals surface area contributed by atoms with Crippen molar-refractivity contribution in [2.24, 2.45) is 11.5 Å². The molecule has 1 aromatic carbocycles. The minimum absolute atomic E-state index is 0. The maximum Gasteiger partial charge on any atom is 0.237 e. The smallest absolute Gasteiger partial charge is 0.237 e. The normalized spacial score (nSPS) is 11.2. The Hall–Kier alpha value is -1.30. The number of carbonyl (C=O) groups excluding carboxylic acids is 2. The first kappa shape index (κ1) is 16.7. The van der Waals surface area contributed by atoms with E-state index < -0.39 is 17.9 Å². The molecule has 1 atom stereocenters. The van der Waals surface area contributed by atoms with E-state index in [9.17, 15) is 9.59 Å². The number of hydrogen-bond donors (Lipinski definition) is 3. The molecule has 5 N–H and O–H groups in total. The molecule has 0 aliphatic heterocycles. The molecule has 1 unspecified atom stereocenters. The van der Waals surface area contributed by atoms with E-state index in [2.05, 4.69) is 5.32 Å². The van der Waals surface area contributed by atoms with Gasteiger partial charge in [0.15, 0.2) is 0 Å². The van der Waals surface area contributed by atoms with Gasteiger partial charge in [0.05, 0.1) is 12.5 Å². The average molecular weight is 292 g/mol. The molecule has 0 heterocycles. The zero-order chi connectivity index (χ0) is 12.8. The molecule has 1 rings (SSSR count). The lowest BCUT2D eigenvalue weighted by Crippen LogP contribution is -2.42. The van der Waals surface area contributed by atoms with E-state index in [4.69, 9.17) is 23.1 Å². The molecule has 0 radical (unpaired) electrons. The number of hydrogen-bond acceptors (Lipinski definition) is 3. The Morgan fingerprint density at radius 1 is 1.28 bits per heavy atom. The summed E-state index contributed by atoms with van der Waals surface area (Å²) in [6.45, 7) is 0.336. The van der Waals surface area contributed by atoms with Crippen LogP contribution in [0.15, 0.2) is 24.3 Å². The number of carbonyl (C=O) groups is 2. The fourth-order valence-corrected chi connectivity index (χ4v) is 1.36. The van der Waals surface area contributed by atoms with Crippen LogP contribution in [0.4, 0.5) is 0 Å². The third-order valence-corrected chi connectivity index (χ3v) is 2.39. The summed E-state index contributed by atoms with van der Waals surface area (Å²) in [6.07, 6.45) is -0.160. The topological polar surface area (TPSA) is 98.2 Å². The molecule has 7 heteroatoms. The summed E-state index contributed by atoms with van der Waals surface area (Å²) < 4.78 is 0. The Balaban J connectivity index is 0.00000289. The molecular weight excluding hydrogens is 277 g/mol. The largest absolute Gasteiger partial charge is 0.370 e. The van der Waals surface area contributed by atoms with Gasteiger partial charge in [-0.2, -0.15) is 0 Å². The van der Waals surface area contributed by atoms with Gasteiger partial charge in [-0.3, -0.25) is 9.59 Å². The highest BCUT2D eigenvalue weighted by molar-refractivity contribution is 6.30. The zero-order valence-electron chi connectivity index (χ0n) is 9.56. The average Bonchev–Trinajstić information content (AvgIpc) is 2.27. The summed E-state index contributed by atoms with van der Waals surface area (Å²) in [5.74, 6) is -1.00. The molecule has 0 saturated heterocycles. The highest BCUT2D eigenvalue weighted by atomic mass is 35.5. The maximum atomic E-state index is 11.4. The number of rotatable bonds is 5. The molecule has 2 amide bonds. The molecule has 100 valence electrons. The van der Waals surface area contributed by atoms with Crippen LogP contribution < -0.4 is 16.8 Å². The Morgan fingerprint density at radius 3 is 2.33 bits per heavy atom. The van der Waals surface area contributed by atoms with Crippen molar-refractivity contribution in [1.29, 1.82) is 0 Å². The fourth-order valence-electron chi connectivity index (χ4n) is 1.23. The first-order valence-electron chi connectivity index (χ1n) is 5.05. The Bertz CT molecular complexity index is 409. The first-order valence-corrected chi connectivity index (χ1v) is 5.43. The molecule has 0 aliphatic carbocycles. The van der Waals surface area contributed by atoms with Crippen LogP contribution in [-0.4, -0.2) is 17.9 Å². The summed E-state index contributed by atoms with van der Waals surface area (Å²) in [5, 5.41) is 3.24. The summed E-state index contributed by atoms with van der Waals surface area (Å²) in [5.41, 5.74) is 11.3. The van der Waals surface area contributed by atoms with Crippen LogP contribution in [0.25, 0.3) is 0 Å². The Kier molecular flexibility index (Phi) is 7.35. The second-order valence-electron chi connectivity index (χ2n) is 3.62. The highest BCUT2D eigenvalue weighted by Crippen LogP contribution is 2.09. The third kappa shape index (κ3) is 5.86. The van der Waals surface area contributed by atoms with E-state index in [0.717, 1.165) is 5.56 Å². The molecule has 0 aromatic heterocycles. The van der Waals surface area contributed by atoms with Gasteiger partial charge < -0.3 is 16.8 Å². The number of nitrogens with two attached hydrogens (primary N) is 2. The standard InChI is InChI=1S/C11H14ClN3O2.ClH/c12-8-3-1-7(2-4-8)6-15-11(17)9(13)5-10(14)16;/h1-4,9H,5-6,13H2,(H2,14,16)(H,15,17);1H. The van der Waals surface area contributed by atoms with Crippen LogP contribution >= 0.6 is 24.0 Å². The van der Waals surface area contributed by atoms with Gasteiger partial charge in [-0.1, -0.05) is 23.7 Å². The van der Waals surface area contributed by atoms with Crippen LogP contribution in [-0.2, 0) is 16.1 Å². The number of benzene rings is 1. The SMILES string of the molecule is Cl.NC(=O)CC(N)C(=O)NCc1ccc(Cl)cc1. The minimum atomic E-state index is -0.903. The molecule has 0 bridgehead atoms. The second kappa shape index (κ2) is 7.92. The van der Waals surface area contributed by atoms with E-state index in [1.165, 1.54) is 0 Å². The Morgan fingerprint density at radius 2 is 1.83 bits per heavy atom. The van der Waals surface area contributed by atoms with Crippen LogP contribution in [0.5, 0.6) is 0 Å². The van der Waals surface area contributed by atoms with Gasteiger partial charge in [-0.15, -0.1) is 12.4 Å². The number of primary amides is 1. The van der Waals surface area contributed by atoms with Crippen molar-refractivity contribution >= 4 is 35.8 Å². The van der Waals surface area contributed by atoms with Gasteiger partial charge in [0.2, 0.25) is 11.8 Å². The number of amides is 2. The van der Waals surface area contributed by atoms with Crippen LogP contribution in [0, 0.1) is 0 Å². The quantitative estimate of drug-likeness (QED) is 0.740. The van der Waals surface area contributed by atoms with Crippen molar-refractivity contribution in [3.63, 3.8) is 0 Å². The van der Waals surface area contributed by atoms with E-state index in [1.807, 2.05) is 0 Å². The van der Waals surface area contributed by atoms with Gasteiger partial charge in [0.25, 0.3) is 0 Å². The predicted octanol–water partition coefficient (Wildman–Crippen LogP) is 0.581. The van der Waals surface area contributed by atoms with Gasteiger partial charge in [0.1, 0.15) is 0 Å². The van der Waals surface area contributed by atoms with E-state index in [-0.39, 0.29) is 18.8 Å². The van der Waals surface area contributed by atoms with E-state index in [1.54, 1.807) is 24.3 Å². The van der Waals surface area contributed by atoms with Gasteiger partial charge in [-0.05, 0) is 17.7 Å². The van der Waals surface area contributed by atoms with Crippen molar-refractivity contribution in [3.8, 4) is 0 Å². The summed E-state index contributed by atoms with van der Waals surface area (Å²) in [6, 6.07) is 6.14. The summed E-state index contributed by atoms with van der Waals surface area (Å²) >= 11 is 5.72. The molecule has 5 nitrogen and oxygen atoms in total. The maximum absolute atomic E-state index is 11.4. The van der Waals surface area contributed by atoms with E-state index in [0.29, 0.717) is 11.6 Å². The van der Waals surface area contributed by atoms with E-state index >= 15 is 0 Å². The molecule has 0 saturated carbocycles. The van der Waals surface area contributed by atoms with Crippen LogP contribution in [0.3, 0.4) is 0 Å². The molecule has 18 heavy (non-hydrogen) atoms. The van der Waals surface area contributed by atoms with Gasteiger partial charge in [-0.25, -0.2) is 0 Å². The highest BCUT2D eigenvalue weighted by Gasteiger charge is 2.15. The third-order valence-electron chi connectivity index (χ3n) is 2.14. The van der Waals surface area contributed by atoms with Crippen molar-refractivity contribution in [2.75, 3.05) is 0 Å². The van der Waals surface area contributed by atoms with Crippen molar-refractivity contribution in [3.05, 3.63) is 34.9 Å². The second-order valence-corrected chi connectivity index (χ2v) is 4.06. The van der Waals surface area contributed by atoms with Crippen LogP contribution in [0.1, 0.15) is 12.0 Å². The van der Waals surface area contributed by atoms with Crippen molar-refractivity contribution < 1.29 is 9.59 Å². The minimum Gasteiger partial charge on any atom is -0.370 e. The lowest BCUT2D eigenvalue weighted by molar-refractivity contribution is -0.126. The van der Waals surface area contributed by atoms with Crippen molar-refractivity contribution in [2.45, 2.75) is 19.0 Å². The molecule has 0 spiro atoms.